The molecular formula is C40H55ClN2O6S. The lowest BCUT2D eigenvalue weighted by atomic mass is 9.81. The minimum atomic E-state index is -3.91. The predicted octanol–water partition coefficient (Wildman–Crippen LogP) is 7.66. The van der Waals surface area contributed by atoms with Gasteiger partial charge in [0.2, 0.25) is 15.9 Å². The fourth-order valence-corrected chi connectivity index (χ4v) is 13.3. The Balaban J connectivity index is 1.36. The van der Waals surface area contributed by atoms with Crippen LogP contribution in [0.15, 0.2) is 54.6 Å². The van der Waals surface area contributed by atoms with E-state index < -0.39 is 44.2 Å². The third-order valence-corrected chi connectivity index (χ3v) is 16.0. The first kappa shape index (κ1) is 37.1. The highest BCUT2D eigenvalue weighted by Crippen LogP contribution is 2.65. The van der Waals surface area contributed by atoms with Crippen LogP contribution in [0.3, 0.4) is 0 Å². The first-order valence-corrected chi connectivity index (χ1v) is 20.8. The highest BCUT2D eigenvalue weighted by atomic mass is 35.5. The van der Waals surface area contributed by atoms with Gasteiger partial charge in [-0.05, 0) is 79.5 Å². The number of esters is 1. The van der Waals surface area contributed by atoms with Crippen LogP contribution in [0, 0.1) is 11.3 Å². The van der Waals surface area contributed by atoms with Crippen molar-refractivity contribution in [3.63, 3.8) is 0 Å². The van der Waals surface area contributed by atoms with Gasteiger partial charge >= 0.3 is 5.97 Å². The molecule has 0 aliphatic heterocycles. The summed E-state index contributed by atoms with van der Waals surface area (Å²) in [6, 6.07) is 15.9. The van der Waals surface area contributed by atoms with Gasteiger partial charge in [-0.15, -0.1) is 11.6 Å². The second-order valence-corrected chi connectivity index (χ2v) is 18.0. The summed E-state index contributed by atoms with van der Waals surface area (Å²) >= 11 is 6.19. The largest absolute Gasteiger partial charge is 0.497 e. The topological polar surface area (TPSA) is 93.2 Å². The number of nitrogens with zero attached hydrogens (tertiary/aromatic N) is 2. The molecule has 4 aliphatic rings. The van der Waals surface area contributed by atoms with Gasteiger partial charge in [-0.25, -0.2) is 13.2 Å². The number of hydrogen-bond donors (Lipinski definition) is 0. The molecule has 0 unspecified atom stereocenters. The molecule has 2 bridgehead atoms. The maximum Gasteiger partial charge on any atom is 0.329 e. The van der Waals surface area contributed by atoms with Gasteiger partial charge in [-0.2, -0.15) is 4.31 Å². The summed E-state index contributed by atoms with van der Waals surface area (Å²) < 4.78 is 43.8. The Morgan fingerprint density at radius 3 is 2.00 bits per heavy atom. The molecule has 0 N–H and O–H groups in total. The first-order chi connectivity index (χ1) is 24.0. The molecule has 10 heteroatoms. The molecule has 0 heterocycles. The average molecular weight is 727 g/mol. The number of carbonyl (C=O) groups is 2. The third kappa shape index (κ3) is 6.95. The van der Waals surface area contributed by atoms with Gasteiger partial charge in [-0.1, -0.05) is 94.8 Å². The fraction of sp³-hybridized carbons (Fsp3) is 0.650. The zero-order valence-corrected chi connectivity index (χ0v) is 31.6. The number of sulfonamides is 1. The Morgan fingerprint density at radius 2 is 1.46 bits per heavy atom. The van der Waals surface area contributed by atoms with Gasteiger partial charge in [-0.3, -0.25) is 4.79 Å². The van der Waals surface area contributed by atoms with E-state index in [0.717, 1.165) is 81.8 Å². The predicted molar refractivity (Wildman–Crippen MR) is 196 cm³/mol. The van der Waals surface area contributed by atoms with Crippen molar-refractivity contribution < 1.29 is 27.5 Å². The van der Waals surface area contributed by atoms with Crippen LogP contribution in [0.2, 0.25) is 0 Å². The third-order valence-electron chi connectivity index (χ3n) is 12.7. The molecule has 50 heavy (non-hydrogen) atoms. The summed E-state index contributed by atoms with van der Waals surface area (Å²) in [7, 11) is -2.32. The van der Waals surface area contributed by atoms with Gasteiger partial charge in [0.1, 0.15) is 28.5 Å². The summed E-state index contributed by atoms with van der Waals surface area (Å²) in [6.45, 7) is 4.32. The number of methoxy groups -OCH3 is 1. The molecule has 274 valence electrons. The van der Waals surface area contributed by atoms with E-state index in [2.05, 4.69) is 13.8 Å². The Labute approximate surface area is 304 Å². The zero-order valence-electron chi connectivity index (χ0n) is 30.0. The van der Waals surface area contributed by atoms with Crippen molar-refractivity contribution in [1.29, 1.82) is 0 Å². The van der Waals surface area contributed by atoms with Crippen LogP contribution in [0.5, 0.6) is 5.75 Å². The van der Waals surface area contributed by atoms with E-state index in [9.17, 15) is 9.59 Å². The molecule has 4 saturated carbocycles. The number of alkyl halides is 1. The van der Waals surface area contributed by atoms with Crippen LogP contribution in [0.4, 0.5) is 0 Å². The molecule has 0 radical (unpaired) electrons. The summed E-state index contributed by atoms with van der Waals surface area (Å²) in [6.07, 6.45) is 11.2. The van der Waals surface area contributed by atoms with Gasteiger partial charge < -0.3 is 14.4 Å². The summed E-state index contributed by atoms with van der Waals surface area (Å²) in [4.78, 5) is 29.8. The molecule has 2 aromatic rings. The van der Waals surface area contributed by atoms with E-state index in [0.29, 0.717) is 18.6 Å². The maximum atomic E-state index is 15.6. The van der Waals surface area contributed by atoms with E-state index in [1.54, 1.807) is 7.11 Å². The number of fused-ring (bicyclic) bond motifs is 2. The Kier molecular flexibility index (Phi) is 11.6. The molecule has 2 aromatic carbocycles. The van der Waals surface area contributed by atoms with Crippen molar-refractivity contribution in [1.82, 2.24) is 9.21 Å². The van der Waals surface area contributed by atoms with Crippen LogP contribution in [-0.2, 0) is 37.3 Å². The maximum absolute atomic E-state index is 15.6. The van der Waals surface area contributed by atoms with Gasteiger partial charge in [0.05, 0.1) is 7.11 Å². The average Bonchev–Trinajstić information content (AvgIpc) is 3.52. The number of rotatable bonds is 13. The summed E-state index contributed by atoms with van der Waals surface area (Å²) in [5.41, 5.74) is 1.10. The smallest absolute Gasteiger partial charge is 0.329 e. The van der Waals surface area contributed by atoms with Crippen molar-refractivity contribution in [3.05, 3.63) is 65.7 Å². The van der Waals surface area contributed by atoms with Crippen molar-refractivity contribution in [2.45, 2.75) is 139 Å². The quantitative estimate of drug-likeness (QED) is 0.156. The van der Waals surface area contributed by atoms with Gasteiger partial charge in [0.15, 0.2) is 0 Å². The monoisotopic (exact) mass is 726 g/mol. The fourth-order valence-electron chi connectivity index (χ4n) is 9.93. The van der Waals surface area contributed by atoms with Crippen molar-refractivity contribution in [2.75, 3.05) is 13.0 Å². The lowest BCUT2D eigenvalue weighted by Crippen LogP contribution is -2.63. The molecular weight excluding hydrogens is 672 g/mol. The first-order valence-electron chi connectivity index (χ1n) is 18.8. The summed E-state index contributed by atoms with van der Waals surface area (Å²) in [5.74, 6) is -0.474. The lowest BCUT2D eigenvalue weighted by Gasteiger charge is -2.49. The van der Waals surface area contributed by atoms with E-state index in [-0.39, 0.29) is 36.8 Å². The van der Waals surface area contributed by atoms with Crippen LogP contribution in [0.1, 0.15) is 108 Å². The second kappa shape index (κ2) is 15.5. The molecule has 0 spiro atoms. The highest BCUT2D eigenvalue weighted by molar-refractivity contribution is 7.90. The van der Waals surface area contributed by atoms with E-state index in [1.165, 1.54) is 4.90 Å². The number of ether oxygens (including phenoxy) is 2. The van der Waals surface area contributed by atoms with Crippen LogP contribution in [0.25, 0.3) is 0 Å². The van der Waals surface area contributed by atoms with Crippen LogP contribution >= 0.6 is 11.6 Å². The second-order valence-electron chi connectivity index (χ2n) is 15.6. The van der Waals surface area contributed by atoms with E-state index in [4.69, 9.17) is 21.1 Å². The lowest BCUT2D eigenvalue weighted by molar-refractivity contribution is -0.161. The van der Waals surface area contributed by atoms with Gasteiger partial charge in [0.25, 0.3) is 0 Å². The van der Waals surface area contributed by atoms with Gasteiger partial charge in [0, 0.05) is 25.0 Å². The highest BCUT2D eigenvalue weighted by Gasteiger charge is 2.73. The Hall–Kier alpha value is -2.62. The normalized spacial score (nSPS) is 26.1. The number of halogens is 1. The Morgan fingerprint density at radius 1 is 0.860 bits per heavy atom. The number of carbonyl (C=O) groups excluding carboxylic acids is 2. The molecule has 0 saturated heterocycles. The SMILES string of the molecule is COc1ccc(CN(C(=O)CCl)[C@@H](Cc2ccccc2)C(=O)O[C@H]2C[C@@H]3CC[C@@]2(S(=O)(=O)N(C2CCCCC2)C2CCCCC2)C3(C)C)cc1. The van der Waals surface area contributed by atoms with Crippen molar-refractivity contribution in [3.8, 4) is 5.75 Å². The standard InChI is InChI=1S/C40H55ClN2O6S/c1-39(2)31-23-24-40(39,50(46,47)43(32-15-9-5-10-16-32)33-17-11-6-12-18-33)36(26-31)49-38(45)35(25-29-13-7-4-8-14-29)42(37(44)27-41)28-30-19-21-34(48-3)22-20-30/h4,7-8,13-14,19-22,31-33,35-36H,5-6,9-12,15-18,23-28H2,1-3H3/t31-,35-,36-,40-/m0/s1. The number of benzene rings is 2. The molecule has 4 atom stereocenters. The molecule has 4 aliphatic carbocycles. The van der Waals surface area contributed by atoms with Crippen LogP contribution < -0.4 is 4.74 Å². The van der Waals surface area contributed by atoms with E-state index >= 15 is 8.42 Å². The van der Waals surface area contributed by atoms with Crippen molar-refractivity contribution >= 4 is 33.5 Å². The van der Waals surface area contributed by atoms with E-state index in [1.807, 2.05) is 58.9 Å². The molecule has 4 fully saturated rings. The molecule has 8 nitrogen and oxygen atoms in total. The number of amides is 1. The zero-order chi connectivity index (χ0) is 35.5. The molecule has 0 aromatic heterocycles. The van der Waals surface area contributed by atoms with Crippen molar-refractivity contribution in [2.24, 2.45) is 11.3 Å². The minimum Gasteiger partial charge on any atom is -0.497 e. The number of hydrogen-bond acceptors (Lipinski definition) is 6. The van der Waals surface area contributed by atoms with Crippen LogP contribution in [-0.4, -0.2) is 71.5 Å². The Bertz CT molecular complexity index is 1550. The summed E-state index contributed by atoms with van der Waals surface area (Å²) in [5, 5.41) is 0. The molecule has 1 amide bonds. The molecule has 6 rings (SSSR count). The minimum absolute atomic E-state index is 0.00909.